The van der Waals surface area contributed by atoms with Gasteiger partial charge in [-0.1, -0.05) is 6.07 Å². The molecule has 3 nitrogen and oxygen atoms in total. The summed E-state index contributed by atoms with van der Waals surface area (Å²) in [6.45, 7) is 0. The number of alkyl halides is 1. The van der Waals surface area contributed by atoms with Crippen LogP contribution in [0.2, 0.25) is 0 Å². The maximum atomic E-state index is 5.84. The van der Waals surface area contributed by atoms with Crippen LogP contribution < -0.4 is 14.8 Å². The minimum atomic E-state index is 0.131. The van der Waals surface area contributed by atoms with E-state index in [9.17, 15) is 0 Å². The number of halogens is 1. The fourth-order valence-corrected chi connectivity index (χ4v) is 1.73. The monoisotopic (exact) mass is 229 g/mol. The van der Waals surface area contributed by atoms with Gasteiger partial charge in [-0.15, -0.1) is 11.6 Å². The largest absolute Gasteiger partial charge is 0.493 e. The lowest BCUT2D eigenvalue weighted by Crippen LogP contribution is -2.17. The van der Waals surface area contributed by atoms with Crippen LogP contribution in [0.4, 0.5) is 0 Å². The second-order valence-corrected chi connectivity index (χ2v) is 3.42. The van der Waals surface area contributed by atoms with Crippen molar-refractivity contribution in [3.8, 4) is 11.5 Å². The third-order valence-corrected chi connectivity index (χ3v) is 2.62. The first-order valence-corrected chi connectivity index (χ1v) is 5.25. The molecular weight excluding hydrogens is 214 g/mol. The van der Waals surface area contributed by atoms with Gasteiger partial charge in [0.25, 0.3) is 0 Å². The smallest absolute Gasteiger partial charge is 0.161 e. The molecule has 0 bridgehead atoms. The molecule has 0 saturated heterocycles. The van der Waals surface area contributed by atoms with E-state index in [1.165, 1.54) is 0 Å². The van der Waals surface area contributed by atoms with Gasteiger partial charge in [0, 0.05) is 11.9 Å². The Labute approximate surface area is 95.3 Å². The quantitative estimate of drug-likeness (QED) is 0.786. The van der Waals surface area contributed by atoms with Crippen LogP contribution in [0.25, 0.3) is 0 Å². The van der Waals surface area contributed by atoms with Crippen molar-refractivity contribution >= 4 is 11.6 Å². The number of rotatable bonds is 5. The average Bonchev–Trinajstić information content (AvgIpc) is 2.30. The maximum absolute atomic E-state index is 5.84. The molecule has 0 radical (unpaired) electrons. The fourth-order valence-electron chi connectivity index (χ4n) is 1.40. The van der Waals surface area contributed by atoms with E-state index >= 15 is 0 Å². The second kappa shape index (κ2) is 5.83. The average molecular weight is 230 g/mol. The minimum absolute atomic E-state index is 0.131. The van der Waals surface area contributed by atoms with Crippen molar-refractivity contribution in [3.63, 3.8) is 0 Å². The van der Waals surface area contributed by atoms with Crippen molar-refractivity contribution in [2.75, 3.05) is 27.1 Å². The van der Waals surface area contributed by atoms with Gasteiger partial charge in [0.05, 0.1) is 14.2 Å². The highest BCUT2D eigenvalue weighted by molar-refractivity contribution is 6.18. The van der Waals surface area contributed by atoms with Gasteiger partial charge in [-0.2, -0.15) is 0 Å². The summed E-state index contributed by atoms with van der Waals surface area (Å²) >= 11 is 5.84. The Bertz CT molecular complexity index is 313. The van der Waals surface area contributed by atoms with Crippen LogP contribution in [-0.4, -0.2) is 27.1 Å². The summed E-state index contributed by atoms with van der Waals surface area (Å²) in [5.74, 6) is 1.97. The highest BCUT2D eigenvalue weighted by Crippen LogP contribution is 2.30. The molecule has 0 fully saturated rings. The number of methoxy groups -OCH3 is 2. The number of hydrogen-bond acceptors (Lipinski definition) is 3. The lowest BCUT2D eigenvalue weighted by Gasteiger charge is -2.15. The summed E-state index contributed by atoms with van der Waals surface area (Å²) in [7, 11) is 5.12. The van der Waals surface area contributed by atoms with E-state index in [1.807, 2.05) is 25.2 Å². The van der Waals surface area contributed by atoms with E-state index in [0.717, 1.165) is 17.1 Å². The Kier molecular flexibility index (Phi) is 4.72. The van der Waals surface area contributed by atoms with Crippen LogP contribution in [0.15, 0.2) is 18.2 Å². The first-order valence-electron chi connectivity index (χ1n) is 4.72. The molecule has 4 heteroatoms. The molecule has 15 heavy (non-hydrogen) atoms. The summed E-state index contributed by atoms with van der Waals surface area (Å²) in [5, 5.41) is 3.13. The van der Waals surface area contributed by atoms with Gasteiger partial charge >= 0.3 is 0 Å². The van der Waals surface area contributed by atoms with E-state index in [2.05, 4.69) is 5.32 Å². The van der Waals surface area contributed by atoms with E-state index in [1.54, 1.807) is 14.2 Å². The summed E-state index contributed by atoms with van der Waals surface area (Å²) in [4.78, 5) is 0. The van der Waals surface area contributed by atoms with Gasteiger partial charge in [-0.25, -0.2) is 0 Å². The second-order valence-electron chi connectivity index (χ2n) is 3.11. The number of hydrogen-bond donors (Lipinski definition) is 1. The van der Waals surface area contributed by atoms with Crippen LogP contribution in [-0.2, 0) is 0 Å². The van der Waals surface area contributed by atoms with Gasteiger partial charge in [0.15, 0.2) is 11.5 Å². The molecule has 0 saturated carbocycles. The predicted molar refractivity (Wildman–Crippen MR) is 62.1 cm³/mol. The van der Waals surface area contributed by atoms with Gasteiger partial charge in [-0.05, 0) is 24.7 Å². The minimum Gasteiger partial charge on any atom is -0.493 e. The molecule has 1 rings (SSSR count). The third-order valence-electron chi connectivity index (χ3n) is 2.31. The summed E-state index contributed by atoms with van der Waals surface area (Å²) in [6.07, 6.45) is 0. The Morgan fingerprint density at radius 3 is 2.40 bits per heavy atom. The topological polar surface area (TPSA) is 30.5 Å². The molecule has 0 amide bonds. The first-order chi connectivity index (χ1) is 7.26. The van der Waals surface area contributed by atoms with Crippen molar-refractivity contribution in [2.24, 2.45) is 0 Å². The summed E-state index contributed by atoms with van der Waals surface area (Å²) in [5.41, 5.74) is 1.09. The van der Waals surface area contributed by atoms with Crippen LogP contribution in [0, 0.1) is 0 Å². The standard InChI is InChI=1S/C11H16ClNO2/c1-13-9(7-12)8-4-5-10(14-2)11(6-8)15-3/h4-6,9,13H,7H2,1-3H3. The van der Waals surface area contributed by atoms with E-state index in [4.69, 9.17) is 21.1 Å². The lowest BCUT2D eigenvalue weighted by atomic mass is 10.1. The van der Waals surface area contributed by atoms with Crippen LogP contribution in [0.1, 0.15) is 11.6 Å². The molecule has 0 aliphatic heterocycles. The van der Waals surface area contributed by atoms with Crippen molar-refractivity contribution in [2.45, 2.75) is 6.04 Å². The Morgan fingerprint density at radius 1 is 1.27 bits per heavy atom. The lowest BCUT2D eigenvalue weighted by molar-refractivity contribution is 0.354. The Morgan fingerprint density at radius 2 is 1.93 bits per heavy atom. The van der Waals surface area contributed by atoms with E-state index in [0.29, 0.717) is 5.88 Å². The highest BCUT2D eigenvalue weighted by atomic mass is 35.5. The van der Waals surface area contributed by atoms with Crippen molar-refractivity contribution in [1.82, 2.24) is 5.32 Å². The van der Waals surface area contributed by atoms with Crippen LogP contribution >= 0.6 is 11.6 Å². The van der Waals surface area contributed by atoms with E-state index in [-0.39, 0.29) is 6.04 Å². The summed E-state index contributed by atoms with van der Waals surface area (Å²) in [6, 6.07) is 5.92. The molecule has 0 aliphatic rings. The highest BCUT2D eigenvalue weighted by Gasteiger charge is 2.11. The zero-order valence-electron chi connectivity index (χ0n) is 9.21. The van der Waals surface area contributed by atoms with E-state index < -0.39 is 0 Å². The fraction of sp³-hybridized carbons (Fsp3) is 0.455. The molecule has 1 aromatic rings. The molecule has 0 spiro atoms. The Balaban J connectivity index is 3.01. The molecule has 1 N–H and O–H groups in total. The van der Waals surface area contributed by atoms with Gasteiger partial charge in [0.2, 0.25) is 0 Å². The molecule has 1 aromatic carbocycles. The molecule has 0 aliphatic carbocycles. The third kappa shape index (κ3) is 2.76. The summed E-state index contributed by atoms with van der Waals surface area (Å²) < 4.78 is 10.4. The van der Waals surface area contributed by atoms with Crippen LogP contribution in [0.5, 0.6) is 11.5 Å². The Hall–Kier alpha value is -0.930. The normalized spacial score (nSPS) is 12.3. The molecule has 1 unspecified atom stereocenters. The molecular formula is C11H16ClNO2. The SMILES string of the molecule is CNC(CCl)c1ccc(OC)c(OC)c1. The van der Waals surface area contributed by atoms with Crippen molar-refractivity contribution in [1.29, 1.82) is 0 Å². The van der Waals surface area contributed by atoms with Gasteiger partial charge in [0.1, 0.15) is 0 Å². The molecule has 84 valence electrons. The number of nitrogens with one attached hydrogen (secondary N) is 1. The molecule has 0 aromatic heterocycles. The van der Waals surface area contributed by atoms with Crippen molar-refractivity contribution in [3.05, 3.63) is 23.8 Å². The molecule has 0 heterocycles. The number of benzene rings is 1. The van der Waals surface area contributed by atoms with Crippen LogP contribution in [0.3, 0.4) is 0 Å². The maximum Gasteiger partial charge on any atom is 0.161 e. The van der Waals surface area contributed by atoms with Gasteiger partial charge in [-0.3, -0.25) is 0 Å². The molecule has 1 atom stereocenters. The predicted octanol–water partition coefficient (Wildman–Crippen LogP) is 2.20. The van der Waals surface area contributed by atoms with Gasteiger partial charge < -0.3 is 14.8 Å². The first kappa shape index (κ1) is 12.1. The van der Waals surface area contributed by atoms with Crippen molar-refractivity contribution < 1.29 is 9.47 Å². The zero-order valence-corrected chi connectivity index (χ0v) is 9.97. The number of ether oxygens (including phenoxy) is 2. The zero-order chi connectivity index (χ0) is 11.3.